The number of anilines is 2. The van der Waals surface area contributed by atoms with Crippen molar-refractivity contribution in [3.63, 3.8) is 0 Å². The standard InChI is InChI=1S/C14H27N5O2/c1-4-11(5-2)19(7-8-20)14-9-12(18-15)16-13(17-14)10-21-6-3/h9,11,20H,4-8,10,15H2,1-3H3,(H,16,17,18). The minimum absolute atomic E-state index is 0.0761. The zero-order valence-corrected chi connectivity index (χ0v) is 13.2. The van der Waals surface area contributed by atoms with Crippen molar-refractivity contribution in [2.75, 3.05) is 30.1 Å². The summed E-state index contributed by atoms with van der Waals surface area (Å²) in [6.45, 7) is 7.73. The van der Waals surface area contributed by atoms with Gasteiger partial charge in [-0.3, -0.25) is 0 Å². The van der Waals surface area contributed by atoms with Crippen molar-refractivity contribution in [3.05, 3.63) is 11.9 Å². The summed E-state index contributed by atoms with van der Waals surface area (Å²) in [6, 6.07) is 2.11. The van der Waals surface area contributed by atoms with E-state index in [1.807, 2.05) is 6.92 Å². The minimum atomic E-state index is 0.0761. The van der Waals surface area contributed by atoms with Crippen LogP contribution in [0.3, 0.4) is 0 Å². The van der Waals surface area contributed by atoms with Crippen LogP contribution < -0.4 is 16.2 Å². The second-order valence-corrected chi connectivity index (χ2v) is 4.70. The number of rotatable bonds is 10. The molecule has 120 valence electrons. The van der Waals surface area contributed by atoms with Gasteiger partial charge in [0.05, 0.1) is 6.61 Å². The lowest BCUT2D eigenvalue weighted by Gasteiger charge is -2.31. The molecular formula is C14H27N5O2. The molecule has 1 aromatic heterocycles. The van der Waals surface area contributed by atoms with Gasteiger partial charge in [0.25, 0.3) is 0 Å². The first kappa shape index (κ1) is 17.6. The molecule has 4 N–H and O–H groups in total. The lowest BCUT2D eigenvalue weighted by atomic mass is 10.1. The maximum atomic E-state index is 9.33. The minimum Gasteiger partial charge on any atom is -0.395 e. The Bertz CT molecular complexity index is 412. The molecule has 0 spiro atoms. The van der Waals surface area contributed by atoms with Crippen LogP contribution in [-0.4, -0.2) is 40.9 Å². The molecule has 0 aliphatic heterocycles. The molecule has 0 saturated heterocycles. The van der Waals surface area contributed by atoms with Crippen LogP contribution in [0.2, 0.25) is 0 Å². The molecule has 7 nitrogen and oxygen atoms in total. The van der Waals surface area contributed by atoms with Crippen LogP contribution >= 0.6 is 0 Å². The topological polar surface area (TPSA) is 96.5 Å². The van der Waals surface area contributed by atoms with Crippen molar-refractivity contribution in [3.8, 4) is 0 Å². The predicted molar refractivity (Wildman–Crippen MR) is 84.0 cm³/mol. The number of nitrogens with two attached hydrogens (primary N) is 1. The average molecular weight is 297 g/mol. The van der Waals surface area contributed by atoms with Gasteiger partial charge in [0.1, 0.15) is 18.2 Å². The Morgan fingerprint density at radius 2 is 2.05 bits per heavy atom. The summed E-state index contributed by atoms with van der Waals surface area (Å²) in [5.74, 6) is 7.37. The monoisotopic (exact) mass is 297 g/mol. The number of ether oxygens (including phenoxy) is 1. The first-order valence-electron chi connectivity index (χ1n) is 7.49. The van der Waals surface area contributed by atoms with E-state index in [0.717, 1.165) is 18.7 Å². The van der Waals surface area contributed by atoms with Crippen molar-refractivity contribution >= 4 is 11.6 Å². The maximum absolute atomic E-state index is 9.33. The zero-order chi connectivity index (χ0) is 15.7. The van der Waals surface area contributed by atoms with Gasteiger partial charge in [0, 0.05) is 25.3 Å². The van der Waals surface area contributed by atoms with Crippen molar-refractivity contribution in [1.29, 1.82) is 0 Å². The molecule has 0 bridgehead atoms. The van der Waals surface area contributed by atoms with Gasteiger partial charge in [-0.15, -0.1) is 0 Å². The van der Waals surface area contributed by atoms with Crippen LogP contribution in [-0.2, 0) is 11.3 Å². The molecule has 0 aromatic carbocycles. The molecule has 0 atom stereocenters. The molecule has 0 fully saturated rings. The van der Waals surface area contributed by atoms with Gasteiger partial charge >= 0.3 is 0 Å². The molecule has 7 heteroatoms. The van der Waals surface area contributed by atoms with Gasteiger partial charge in [-0.05, 0) is 19.8 Å². The summed E-state index contributed by atoms with van der Waals surface area (Å²) >= 11 is 0. The lowest BCUT2D eigenvalue weighted by molar-refractivity contribution is 0.128. The van der Waals surface area contributed by atoms with Crippen LogP contribution in [0.4, 0.5) is 11.6 Å². The van der Waals surface area contributed by atoms with E-state index in [4.69, 9.17) is 10.6 Å². The molecule has 0 amide bonds. The molecule has 1 aromatic rings. The van der Waals surface area contributed by atoms with Crippen molar-refractivity contribution in [1.82, 2.24) is 9.97 Å². The Kier molecular flexibility index (Phi) is 7.96. The first-order valence-corrected chi connectivity index (χ1v) is 7.49. The van der Waals surface area contributed by atoms with Crippen LogP contribution in [0.15, 0.2) is 6.07 Å². The Hall–Kier alpha value is -1.44. The third kappa shape index (κ3) is 5.11. The van der Waals surface area contributed by atoms with Crippen LogP contribution in [0.1, 0.15) is 39.4 Å². The molecule has 0 aliphatic rings. The number of hydrazine groups is 1. The summed E-state index contributed by atoms with van der Waals surface area (Å²) in [5.41, 5.74) is 2.56. The van der Waals surface area contributed by atoms with E-state index < -0.39 is 0 Å². The SMILES string of the molecule is CCOCc1nc(NN)cc(N(CCO)C(CC)CC)n1. The number of hydrogen-bond acceptors (Lipinski definition) is 7. The number of aliphatic hydroxyl groups excluding tert-OH is 1. The highest BCUT2D eigenvalue weighted by molar-refractivity contribution is 5.49. The fourth-order valence-electron chi connectivity index (χ4n) is 2.28. The number of nitrogen functional groups attached to an aromatic ring is 1. The summed E-state index contributed by atoms with van der Waals surface area (Å²) in [4.78, 5) is 10.9. The fraction of sp³-hybridized carbons (Fsp3) is 0.714. The van der Waals surface area contributed by atoms with Crippen molar-refractivity contribution < 1.29 is 9.84 Å². The van der Waals surface area contributed by atoms with Gasteiger partial charge in [0.15, 0.2) is 5.82 Å². The normalized spacial score (nSPS) is 11.0. The predicted octanol–water partition coefficient (Wildman–Crippen LogP) is 1.29. The highest BCUT2D eigenvalue weighted by atomic mass is 16.5. The van der Waals surface area contributed by atoms with Gasteiger partial charge in [0.2, 0.25) is 0 Å². The molecule has 0 unspecified atom stereocenters. The number of nitrogens with one attached hydrogen (secondary N) is 1. The largest absolute Gasteiger partial charge is 0.395 e. The first-order chi connectivity index (χ1) is 10.2. The average Bonchev–Trinajstić information content (AvgIpc) is 2.52. The Morgan fingerprint density at radius 3 is 2.57 bits per heavy atom. The summed E-state index contributed by atoms with van der Waals surface area (Å²) in [5, 5.41) is 9.33. The quantitative estimate of drug-likeness (QED) is 0.442. The van der Waals surface area contributed by atoms with E-state index in [1.54, 1.807) is 6.07 Å². The molecule has 1 heterocycles. The highest BCUT2D eigenvalue weighted by Gasteiger charge is 2.18. The molecule has 0 aliphatic carbocycles. The Labute approximate surface area is 126 Å². The van der Waals surface area contributed by atoms with E-state index in [2.05, 4.69) is 34.1 Å². The van der Waals surface area contributed by atoms with E-state index in [0.29, 0.717) is 37.4 Å². The van der Waals surface area contributed by atoms with Crippen molar-refractivity contribution in [2.45, 2.75) is 46.3 Å². The molecular weight excluding hydrogens is 270 g/mol. The number of aromatic nitrogens is 2. The van der Waals surface area contributed by atoms with E-state index in [1.165, 1.54) is 0 Å². The molecule has 1 rings (SSSR count). The Morgan fingerprint density at radius 1 is 1.33 bits per heavy atom. The fourth-order valence-corrected chi connectivity index (χ4v) is 2.28. The number of aliphatic hydroxyl groups is 1. The van der Waals surface area contributed by atoms with Crippen LogP contribution in [0, 0.1) is 0 Å². The second-order valence-electron chi connectivity index (χ2n) is 4.70. The third-order valence-corrected chi connectivity index (χ3v) is 3.36. The second kappa shape index (κ2) is 9.49. The summed E-state index contributed by atoms with van der Waals surface area (Å²) in [6.07, 6.45) is 1.96. The maximum Gasteiger partial charge on any atom is 0.158 e. The van der Waals surface area contributed by atoms with Crippen LogP contribution in [0.5, 0.6) is 0 Å². The lowest BCUT2D eigenvalue weighted by Crippen LogP contribution is -2.37. The van der Waals surface area contributed by atoms with E-state index in [9.17, 15) is 5.11 Å². The zero-order valence-electron chi connectivity index (χ0n) is 13.2. The van der Waals surface area contributed by atoms with Gasteiger partial charge in [-0.2, -0.15) is 0 Å². The van der Waals surface area contributed by atoms with Gasteiger partial charge < -0.3 is 20.2 Å². The number of hydrogen-bond donors (Lipinski definition) is 3. The number of nitrogens with zero attached hydrogens (tertiary/aromatic N) is 3. The van der Waals surface area contributed by atoms with Gasteiger partial charge in [-0.25, -0.2) is 15.8 Å². The van der Waals surface area contributed by atoms with Gasteiger partial charge in [-0.1, -0.05) is 13.8 Å². The van der Waals surface area contributed by atoms with E-state index in [-0.39, 0.29) is 6.61 Å². The molecule has 0 saturated carbocycles. The smallest absolute Gasteiger partial charge is 0.158 e. The summed E-state index contributed by atoms with van der Waals surface area (Å²) < 4.78 is 5.37. The third-order valence-electron chi connectivity index (χ3n) is 3.36. The highest BCUT2D eigenvalue weighted by Crippen LogP contribution is 2.21. The summed E-state index contributed by atoms with van der Waals surface area (Å²) in [7, 11) is 0. The molecule has 21 heavy (non-hydrogen) atoms. The van der Waals surface area contributed by atoms with E-state index >= 15 is 0 Å². The van der Waals surface area contributed by atoms with Crippen LogP contribution in [0.25, 0.3) is 0 Å². The van der Waals surface area contributed by atoms with Crippen molar-refractivity contribution in [2.24, 2.45) is 5.84 Å². The molecule has 0 radical (unpaired) electrons. The Balaban J connectivity index is 3.09.